The van der Waals surface area contributed by atoms with Crippen molar-refractivity contribution >= 4 is 17.9 Å². The fraction of sp³-hybridized carbons (Fsp3) is 0.357. The summed E-state index contributed by atoms with van der Waals surface area (Å²) in [5.74, 6) is 0. The van der Waals surface area contributed by atoms with E-state index in [9.17, 15) is 14.9 Å². The minimum absolute atomic E-state index is 0.0408. The van der Waals surface area contributed by atoms with E-state index in [0.717, 1.165) is 12.8 Å². The van der Waals surface area contributed by atoms with E-state index in [1.54, 1.807) is 24.3 Å². The zero-order valence-corrected chi connectivity index (χ0v) is 11.4. The van der Waals surface area contributed by atoms with Crippen LogP contribution in [0.1, 0.15) is 25.3 Å². The minimum Gasteiger partial charge on any atom is -0.450 e. The number of unbranched alkanes of at least 4 members (excludes halogenated alkanes) is 1. The SMILES string of the molecule is CCCCOC(=O)NCC=Cc1cccc([N+](=O)[O-])c1. The van der Waals surface area contributed by atoms with Crippen LogP contribution in [0.15, 0.2) is 30.3 Å². The zero-order chi connectivity index (χ0) is 14.8. The molecule has 0 saturated carbocycles. The number of carbonyl (C=O) groups excluding carboxylic acids is 1. The average molecular weight is 278 g/mol. The summed E-state index contributed by atoms with van der Waals surface area (Å²) in [6, 6.07) is 6.27. The van der Waals surface area contributed by atoms with Gasteiger partial charge in [0.15, 0.2) is 0 Å². The van der Waals surface area contributed by atoms with E-state index in [0.29, 0.717) is 18.7 Å². The number of nitrogens with zero attached hydrogens (tertiary/aromatic N) is 1. The summed E-state index contributed by atoms with van der Waals surface area (Å²) in [5.41, 5.74) is 0.749. The van der Waals surface area contributed by atoms with E-state index in [4.69, 9.17) is 4.74 Å². The van der Waals surface area contributed by atoms with E-state index in [2.05, 4.69) is 5.32 Å². The lowest BCUT2D eigenvalue weighted by molar-refractivity contribution is -0.384. The lowest BCUT2D eigenvalue weighted by Crippen LogP contribution is -2.24. The Morgan fingerprint density at radius 3 is 3.00 bits per heavy atom. The van der Waals surface area contributed by atoms with Gasteiger partial charge in [0.25, 0.3) is 5.69 Å². The van der Waals surface area contributed by atoms with Gasteiger partial charge in [-0.15, -0.1) is 0 Å². The van der Waals surface area contributed by atoms with Gasteiger partial charge < -0.3 is 10.1 Å². The van der Waals surface area contributed by atoms with Gasteiger partial charge in [0.1, 0.15) is 0 Å². The summed E-state index contributed by atoms with van der Waals surface area (Å²) in [4.78, 5) is 21.4. The van der Waals surface area contributed by atoms with Crippen LogP contribution >= 0.6 is 0 Å². The Kier molecular flexibility index (Phi) is 6.81. The third-order valence-corrected chi connectivity index (χ3v) is 2.49. The number of rotatable bonds is 7. The van der Waals surface area contributed by atoms with Crippen molar-refractivity contribution in [1.29, 1.82) is 0 Å². The maximum atomic E-state index is 11.2. The van der Waals surface area contributed by atoms with Crippen LogP contribution in [0.2, 0.25) is 0 Å². The first-order valence-electron chi connectivity index (χ1n) is 6.45. The second-order valence-electron chi connectivity index (χ2n) is 4.12. The standard InChI is InChI=1S/C14H18N2O4/c1-2-3-10-20-14(17)15-9-5-7-12-6-4-8-13(11-12)16(18)19/h4-8,11H,2-3,9-10H2,1H3,(H,15,17). The van der Waals surface area contributed by atoms with Crippen LogP contribution in [-0.2, 0) is 4.74 Å². The van der Waals surface area contributed by atoms with E-state index in [1.165, 1.54) is 12.1 Å². The highest BCUT2D eigenvalue weighted by atomic mass is 16.6. The molecule has 1 aromatic carbocycles. The second-order valence-corrected chi connectivity index (χ2v) is 4.12. The lowest BCUT2D eigenvalue weighted by atomic mass is 10.2. The Morgan fingerprint density at radius 2 is 2.30 bits per heavy atom. The highest BCUT2D eigenvalue weighted by molar-refractivity contribution is 5.67. The van der Waals surface area contributed by atoms with Crippen LogP contribution in [0.25, 0.3) is 6.08 Å². The number of hydrogen-bond donors (Lipinski definition) is 1. The third kappa shape index (κ3) is 5.99. The molecule has 1 amide bonds. The predicted molar refractivity (Wildman–Crippen MR) is 76.4 cm³/mol. The smallest absolute Gasteiger partial charge is 0.407 e. The van der Waals surface area contributed by atoms with Crippen LogP contribution in [0.4, 0.5) is 10.5 Å². The Balaban J connectivity index is 2.36. The summed E-state index contributed by atoms with van der Waals surface area (Å²) in [7, 11) is 0. The number of benzene rings is 1. The molecule has 1 N–H and O–H groups in total. The molecule has 0 atom stereocenters. The van der Waals surface area contributed by atoms with Crippen molar-refractivity contribution in [2.45, 2.75) is 19.8 Å². The summed E-state index contributed by atoms with van der Waals surface area (Å²) in [6.45, 7) is 2.74. The van der Waals surface area contributed by atoms with Gasteiger partial charge in [0.05, 0.1) is 11.5 Å². The van der Waals surface area contributed by atoms with Crippen LogP contribution < -0.4 is 5.32 Å². The van der Waals surface area contributed by atoms with Crippen molar-refractivity contribution in [1.82, 2.24) is 5.32 Å². The fourth-order valence-electron chi connectivity index (χ4n) is 1.44. The zero-order valence-electron chi connectivity index (χ0n) is 11.4. The Hall–Kier alpha value is -2.37. The Bertz CT molecular complexity index is 486. The van der Waals surface area contributed by atoms with Crippen LogP contribution in [0, 0.1) is 10.1 Å². The van der Waals surface area contributed by atoms with Gasteiger partial charge in [-0.3, -0.25) is 10.1 Å². The van der Waals surface area contributed by atoms with Crippen LogP contribution in [0.3, 0.4) is 0 Å². The van der Waals surface area contributed by atoms with Crippen LogP contribution in [-0.4, -0.2) is 24.2 Å². The number of alkyl carbamates (subject to hydrolysis) is 1. The van der Waals surface area contributed by atoms with E-state index in [-0.39, 0.29) is 5.69 Å². The van der Waals surface area contributed by atoms with Crippen LogP contribution in [0.5, 0.6) is 0 Å². The molecule has 0 unspecified atom stereocenters. The lowest BCUT2D eigenvalue weighted by Gasteiger charge is -2.03. The molecule has 1 aromatic rings. The fourth-order valence-corrected chi connectivity index (χ4v) is 1.44. The molecular weight excluding hydrogens is 260 g/mol. The van der Waals surface area contributed by atoms with Crippen molar-refractivity contribution < 1.29 is 14.5 Å². The van der Waals surface area contributed by atoms with Gasteiger partial charge in [0.2, 0.25) is 0 Å². The minimum atomic E-state index is -0.456. The second kappa shape index (κ2) is 8.68. The quantitative estimate of drug-likeness (QED) is 0.472. The summed E-state index contributed by atoms with van der Waals surface area (Å²) in [6.07, 6.45) is 4.78. The van der Waals surface area contributed by atoms with Gasteiger partial charge in [0, 0.05) is 18.7 Å². The Morgan fingerprint density at radius 1 is 1.50 bits per heavy atom. The molecular formula is C14H18N2O4. The summed E-state index contributed by atoms with van der Waals surface area (Å²) < 4.78 is 4.91. The molecule has 0 aliphatic rings. The largest absolute Gasteiger partial charge is 0.450 e. The molecule has 6 heteroatoms. The number of nitro groups is 1. The first kappa shape index (κ1) is 15.7. The van der Waals surface area contributed by atoms with Gasteiger partial charge in [-0.25, -0.2) is 4.79 Å². The first-order valence-corrected chi connectivity index (χ1v) is 6.45. The molecule has 0 aromatic heterocycles. The maximum Gasteiger partial charge on any atom is 0.407 e. The van der Waals surface area contributed by atoms with E-state index < -0.39 is 11.0 Å². The van der Waals surface area contributed by atoms with Crippen molar-refractivity contribution in [2.75, 3.05) is 13.2 Å². The van der Waals surface area contributed by atoms with Gasteiger partial charge in [-0.05, 0) is 12.0 Å². The van der Waals surface area contributed by atoms with Gasteiger partial charge in [-0.2, -0.15) is 0 Å². The molecule has 0 fully saturated rings. The molecule has 0 saturated heterocycles. The highest BCUT2D eigenvalue weighted by Gasteiger charge is 2.03. The monoisotopic (exact) mass is 278 g/mol. The molecule has 0 heterocycles. The predicted octanol–water partition coefficient (Wildman–Crippen LogP) is 3.13. The molecule has 0 aliphatic carbocycles. The number of ether oxygens (including phenoxy) is 1. The summed E-state index contributed by atoms with van der Waals surface area (Å²) in [5, 5.41) is 13.2. The van der Waals surface area contributed by atoms with Crippen molar-refractivity contribution in [3.63, 3.8) is 0 Å². The van der Waals surface area contributed by atoms with Gasteiger partial charge in [-0.1, -0.05) is 37.6 Å². The molecule has 108 valence electrons. The van der Waals surface area contributed by atoms with Crippen molar-refractivity contribution in [3.8, 4) is 0 Å². The molecule has 0 aliphatic heterocycles. The number of non-ortho nitro benzene ring substituents is 1. The number of hydrogen-bond acceptors (Lipinski definition) is 4. The van der Waals surface area contributed by atoms with Gasteiger partial charge >= 0.3 is 6.09 Å². The molecule has 0 spiro atoms. The van der Waals surface area contributed by atoms with Crippen molar-refractivity contribution in [2.24, 2.45) is 0 Å². The number of carbonyl (C=O) groups is 1. The number of nitro benzene ring substituents is 1. The molecule has 0 bridgehead atoms. The Labute approximate surface area is 117 Å². The molecule has 20 heavy (non-hydrogen) atoms. The average Bonchev–Trinajstić information content (AvgIpc) is 2.44. The normalized spacial score (nSPS) is 10.4. The molecule has 0 radical (unpaired) electrons. The van der Waals surface area contributed by atoms with E-state index >= 15 is 0 Å². The third-order valence-electron chi connectivity index (χ3n) is 2.49. The number of amides is 1. The highest BCUT2D eigenvalue weighted by Crippen LogP contribution is 2.13. The molecule has 6 nitrogen and oxygen atoms in total. The summed E-state index contributed by atoms with van der Waals surface area (Å²) >= 11 is 0. The maximum absolute atomic E-state index is 11.2. The topological polar surface area (TPSA) is 81.5 Å². The van der Waals surface area contributed by atoms with E-state index in [1.807, 2.05) is 6.92 Å². The first-order chi connectivity index (χ1) is 9.63. The molecule has 1 rings (SSSR count). The van der Waals surface area contributed by atoms with Crippen molar-refractivity contribution in [3.05, 3.63) is 46.0 Å². The number of nitrogens with one attached hydrogen (secondary N) is 1.